The van der Waals surface area contributed by atoms with Crippen LogP contribution < -0.4 is 15.4 Å². The summed E-state index contributed by atoms with van der Waals surface area (Å²) >= 11 is 0. The minimum absolute atomic E-state index is 0.281. The maximum absolute atomic E-state index is 14.5. The molecule has 7 rings (SSSR count). The van der Waals surface area contributed by atoms with Crippen LogP contribution in [0, 0.1) is 28.6 Å². The Morgan fingerprint density at radius 1 is 1.16 bits per heavy atom. The van der Waals surface area contributed by atoms with Crippen LogP contribution in [0.1, 0.15) is 92.2 Å². The highest BCUT2D eigenvalue weighted by molar-refractivity contribution is 5.64. The lowest BCUT2D eigenvalue weighted by Crippen LogP contribution is -2.44. The summed E-state index contributed by atoms with van der Waals surface area (Å²) in [5.41, 5.74) is 10.1. The first kappa shape index (κ1) is 28.3. The first-order valence-electron chi connectivity index (χ1n) is 15.9. The monoisotopic (exact) mass is 585 g/mol. The van der Waals surface area contributed by atoms with Crippen LogP contribution in [0.15, 0.2) is 12.1 Å². The van der Waals surface area contributed by atoms with Gasteiger partial charge in [-0.15, -0.1) is 0 Å². The van der Waals surface area contributed by atoms with Crippen LogP contribution in [-0.2, 0) is 23.4 Å². The number of aromatic nitrogens is 2. The van der Waals surface area contributed by atoms with Crippen LogP contribution >= 0.6 is 0 Å². The second-order valence-electron chi connectivity index (χ2n) is 13.4. The molecule has 0 amide bonds. The zero-order valence-electron chi connectivity index (χ0n) is 24.9. The lowest BCUT2D eigenvalue weighted by atomic mass is 9.69. The number of nitrogens with zero attached hydrogens (tertiary/aromatic N) is 6. The van der Waals surface area contributed by atoms with Gasteiger partial charge in [0.2, 0.25) is 0 Å². The number of hydrogen-bond donors (Lipinski definition) is 1. The number of rotatable bonds is 5. The van der Waals surface area contributed by atoms with Gasteiger partial charge < -0.3 is 20.1 Å². The highest BCUT2D eigenvalue weighted by Crippen LogP contribution is 2.51. The molecular weight excluding hydrogens is 545 g/mol. The summed E-state index contributed by atoms with van der Waals surface area (Å²) in [6, 6.07) is 8.91. The average Bonchev–Trinajstić information content (AvgIpc) is 3.53. The van der Waals surface area contributed by atoms with Gasteiger partial charge in [0, 0.05) is 55.7 Å². The molecule has 226 valence electrons. The van der Waals surface area contributed by atoms with E-state index in [9.17, 15) is 14.9 Å². The van der Waals surface area contributed by atoms with Gasteiger partial charge >= 0.3 is 6.01 Å². The van der Waals surface area contributed by atoms with Crippen molar-refractivity contribution in [3.63, 3.8) is 0 Å². The van der Waals surface area contributed by atoms with Crippen molar-refractivity contribution in [1.82, 2.24) is 14.9 Å². The highest BCUT2D eigenvalue weighted by Gasteiger charge is 2.50. The molecule has 1 aromatic carbocycles. The van der Waals surface area contributed by atoms with Crippen molar-refractivity contribution in [2.45, 2.75) is 94.5 Å². The molecule has 43 heavy (non-hydrogen) atoms. The number of hydrogen-bond acceptors (Lipinski definition) is 9. The van der Waals surface area contributed by atoms with E-state index in [-0.39, 0.29) is 11.5 Å². The predicted molar refractivity (Wildman–Crippen MR) is 159 cm³/mol. The third kappa shape index (κ3) is 4.80. The van der Waals surface area contributed by atoms with Gasteiger partial charge in [-0.2, -0.15) is 20.5 Å². The Balaban J connectivity index is 1.27. The third-order valence-corrected chi connectivity index (χ3v) is 10.8. The molecule has 9 nitrogen and oxygen atoms in total. The van der Waals surface area contributed by atoms with Crippen molar-refractivity contribution in [2.75, 3.05) is 43.4 Å². The molecule has 0 radical (unpaired) electrons. The molecule has 0 saturated carbocycles. The van der Waals surface area contributed by atoms with E-state index in [2.05, 4.69) is 28.9 Å². The van der Waals surface area contributed by atoms with Crippen LogP contribution in [-0.4, -0.2) is 59.4 Å². The van der Waals surface area contributed by atoms with Gasteiger partial charge in [-0.1, -0.05) is 13.0 Å². The van der Waals surface area contributed by atoms with Crippen molar-refractivity contribution >= 4 is 11.5 Å². The number of nitrogens with two attached hydrogens (primary N) is 1. The van der Waals surface area contributed by atoms with Gasteiger partial charge in [0.1, 0.15) is 30.3 Å². The van der Waals surface area contributed by atoms with Crippen LogP contribution in [0.5, 0.6) is 6.01 Å². The Labute approximate surface area is 252 Å². The van der Waals surface area contributed by atoms with E-state index in [4.69, 9.17) is 25.2 Å². The summed E-state index contributed by atoms with van der Waals surface area (Å²) < 4.78 is 27.7. The van der Waals surface area contributed by atoms with E-state index >= 15 is 0 Å². The Morgan fingerprint density at radius 2 is 2.05 bits per heavy atom. The second-order valence-corrected chi connectivity index (χ2v) is 13.4. The van der Waals surface area contributed by atoms with Crippen LogP contribution in [0.4, 0.5) is 15.9 Å². The number of anilines is 2. The summed E-state index contributed by atoms with van der Waals surface area (Å²) in [6.07, 6.45) is 6.32. The molecule has 1 aromatic heterocycles. The fourth-order valence-electron chi connectivity index (χ4n) is 8.56. The first-order valence-corrected chi connectivity index (χ1v) is 15.9. The Hall–Kier alpha value is -3.47. The molecule has 5 aliphatic rings. The number of alkyl halides is 1. The van der Waals surface area contributed by atoms with Gasteiger partial charge in [0.15, 0.2) is 0 Å². The molecule has 0 bridgehead atoms. The molecule has 5 atom stereocenters. The number of nitriles is 2. The summed E-state index contributed by atoms with van der Waals surface area (Å²) in [5.74, 6) is 1.39. The van der Waals surface area contributed by atoms with E-state index in [0.29, 0.717) is 62.2 Å². The van der Waals surface area contributed by atoms with E-state index < -0.39 is 11.8 Å². The number of ether oxygens (including phenoxy) is 2. The maximum atomic E-state index is 14.5. The molecule has 2 aromatic rings. The van der Waals surface area contributed by atoms with Crippen LogP contribution in [0.2, 0.25) is 0 Å². The molecular formula is C33H40FN7O2. The largest absolute Gasteiger partial charge is 0.461 e. The number of piperidine rings is 1. The van der Waals surface area contributed by atoms with Gasteiger partial charge in [0.05, 0.1) is 29.5 Å². The van der Waals surface area contributed by atoms with E-state index in [1.54, 1.807) is 0 Å². The van der Waals surface area contributed by atoms with Gasteiger partial charge in [0.25, 0.3) is 0 Å². The van der Waals surface area contributed by atoms with Crippen molar-refractivity contribution in [3.05, 3.63) is 40.1 Å². The second kappa shape index (κ2) is 10.9. The van der Waals surface area contributed by atoms with Crippen LogP contribution in [0.25, 0.3) is 0 Å². The molecule has 1 aliphatic carbocycles. The lowest BCUT2D eigenvalue weighted by molar-refractivity contribution is -0.0873. The van der Waals surface area contributed by atoms with Crippen molar-refractivity contribution in [2.24, 2.45) is 5.92 Å². The Bertz CT molecular complexity index is 1500. The Morgan fingerprint density at radius 3 is 2.88 bits per heavy atom. The third-order valence-electron chi connectivity index (χ3n) is 10.8. The zero-order chi connectivity index (χ0) is 29.8. The fourth-order valence-corrected chi connectivity index (χ4v) is 8.56. The van der Waals surface area contributed by atoms with Gasteiger partial charge in [-0.3, -0.25) is 4.90 Å². The minimum atomic E-state index is -0.832. The topological polar surface area (TPSA) is 124 Å². The first-order chi connectivity index (χ1) is 20.8. The quantitative estimate of drug-likeness (QED) is 0.489. The normalized spacial score (nSPS) is 31.6. The Kier molecular flexibility index (Phi) is 7.18. The molecule has 3 saturated heterocycles. The van der Waals surface area contributed by atoms with E-state index in [1.807, 2.05) is 12.1 Å². The molecule has 5 heterocycles. The van der Waals surface area contributed by atoms with Crippen LogP contribution in [0.3, 0.4) is 0 Å². The zero-order valence-corrected chi connectivity index (χ0v) is 24.9. The van der Waals surface area contributed by atoms with Gasteiger partial charge in [-0.25, -0.2) is 4.39 Å². The molecule has 1 spiro atoms. The molecule has 2 unspecified atom stereocenters. The summed E-state index contributed by atoms with van der Waals surface area (Å²) in [7, 11) is 0. The molecule has 3 fully saturated rings. The predicted octanol–water partition coefficient (Wildman–Crippen LogP) is 4.88. The molecule has 4 aliphatic heterocycles. The lowest BCUT2D eigenvalue weighted by Gasteiger charge is -2.45. The number of halogens is 1. The minimum Gasteiger partial charge on any atom is -0.461 e. The number of nitrogen functional groups attached to an aromatic ring is 1. The summed E-state index contributed by atoms with van der Waals surface area (Å²) in [6.45, 7) is 5.83. The number of benzene rings is 1. The van der Waals surface area contributed by atoms with Crippen molar-refractivity contribution in [1.29, 1.82) is 10.5 Å². The highest BCUT2D eigenvalue weighted by atomic mass is 19.1. The van der Waals surface area contributed by atoms with Gasteiger partial charge in [-0.05, 0) is 68.5 Å². The SMILES string of the molecule is C[C@H]1CC[C@]2(Cc3nc(OCC45CCCN4C[C@H](F)C5)nc(N4CCCC(CC#N)C4)c3CO2)c2c1ccc(N)c2C#N. The number of fused-ring (bicyclic) bond motifs is 4. The van der Waals surface area contributed by atoms with E-state index in [0.717, 1.165) is 86.4 Å². The average molecular weight is 586 g/mol. The van der Waals surface area contributed by atoms with Crippen molar-refractivity contribution in [3.8, 4) is 18.1 Å². The molecule has 10 heteroatoms. The summed E-state index contributed by atoms with van der Waals surface area (Å²) in [4.78, 5) is 14.5. The van der Waals surface area contributed by atoms with Crippen molar-refractivity contribution < 1.29 is 13.9 Å². The summed E-state index contributed by atoms with van der Waals surface area (Å²) in [5, 5.41) is 19.6. The molecule has 2 N–H and O–H groups in total. The standard InChI is InChI=1S/C33H40FN7O2/c1-21-7-10-33(29-24(21)5-6-27(37)25(29)16-36)15-28-26(19-43-33)30(40-12-2-4-22(17-40)8-11-35)39-31(38-28)42-20-32-9-3-13-41(32)18-23(34)14-32/h5-6,21-23H,2-4,7-10,12-15,17-20,37H2,1H3/t21-,22?,23+,32?,33-/m0/s1. The maximum Gasteiger partial charge on any atom is 0.318 e. The smallest absolute Gasteiger partial charge is 0.318 e. The van der Waals surface area contributed by atoms with E-state index in [1.165, 1.54) is 0 Å². The fraction of sp³-hybridized carbons (Fsp3) is 0.636.